The zero-order valence-electron chi connectivity index (χ0n) is 19.8. The van der Waals surface area contributed by atoms with Gasteiger partial charge in [-0.3, -0.25) is 4.79 Å². The first-order chi connectivity index (χ1) is 15.5. The maximum atomic E-state index is 12.4. The predicted molar refractivity (Wildman–Crippen MR) is 130 cm³/mol. The number of rotatable bonds is 6. The molecule has 3 N–H and O–H groups in total. The van der Waals surface area contributed by atoms with E-state index < -0.39 is 6.17 Å². The Kier molecular flexibility index (Phi) is 12.6. The van der Waals surface area contributed by atoms with Crippen LogP contribution >= 0.6 is 0 Å². The highest BCUT2D eigenvalue weighted by molar-refractivity contribution is 5.81. The summed E-state index contributed by atoms with van der Waals surface area (Å²) in [5.74, 6) is 2.46. The number of carbonyl (C=O) groups excluding carboxylic acids is 1. The van der Waals surface area contributed by atoms with Crippen molar-refractivity contribution in [2.24, 2.45) is 5.73 Å². The minimum absolute atomic E-state index is 0.295. The number of allylic oxidation sites excluding steroid dienone is 3. The molecule has 7 nitrogen and oxygen atoms in total. The number of carbonyl (C=O) groups is 1. The first-order valence-corrected chi connectivity index (χ1v) is 10.9. The number of nitrogens with one attached hydrogen (secondary N) is 1. The summed E-state index contributed by atoms with van der Waals surface area (Å²) in [7, 11) is 3.34. The van der Waals surface area contributed by atoms with Crippen molar-refractivity contribution < 1.29 is 13.9 Å². The molecule has 0 radical (unpaired) electrons. The van der Waals surface area contributed by atoms with Crippen LogP contribution in [0.1, 0.15) is 45.7 Å². The molecule has 0 saturated carbocycles. The number of anilines is 1. The number of amides is 1. The van der Waals surface area contributed by atoms with Crippen molar-refractivity contribution in [1.82, 2.24) is 14.9 Å². The summed E-state index contributed by atoms with van der Waals surface area (Å²) < 4.78 is 18.3. The third kappa shape index (κ3) is 8.63. The Labute approximate surface area is 190 Å². The molecule has 3 heterocycles. The number of aromatic nitrogens is 2. The van der Waals surface area contributed by atoms with Crippen molar-refractivity contribution in [3.05, 3.63) is 48.0 Å². The van der Waals surface area contributed by atoms with E-state index in [-0.39, 0.29) is 0 Å². The molecule has 32 heavy (non-hydrogen) atoms. The number of likely N-dealkylation sites (tertiary alicyclic amines) is 1. The topological polar surface area (TPSA) is 93.4 Å². The molecule has 1 atom stereocenters. The molecule has 0 aliphatic carbocycles. The van der Waals surface area contributed by atoms with Crippen molar-refractivity contribution in [2.75, 3.05) is 32.5 Å². The van der Waals surface area contributed by atoms with Crippen molar-refractivity contribution in [1.29, 1.82) is 0 Å². The third-order valence-corrected chi connectivity index (χ3v) is 4.65. The molecule has 1 amide bonds. The van der Waals surface area contributed by atoms with Gasteiger partial charge in [0, 0.05) is 31.2 Å². The lowest BCUT2D eigenvalue weighted by Crippen LogP contribution is -2.35. The van der Waals surface area contributed by atoms with Crippen LogP contribution in [-0.2, 0) is 9.53 Å². The fourth-order valence-electron chi connectivity index (χ4n) is 3.10. The van der Waals surface area contributed by atoms with Gasteiger partial charge in [-0.05, 0) is 64.4 Å². The molecule has 1 fully saturated rings. The monoisotopic (exact) mass is 445 g/mol. The molecule has 0 aromatic carbocycles. The molecule has 0 bridgehead atoms. The Morgan fingerprint density at radius 1 is 1.41 bits per heavy atom. The van der Waals surface area contributed by atoms with Gasteiger partial charge in [0.25, 0.3) is 0 Å². The van der Waals surface area contributed by atoms with Crippen LogP contribution in [0, 0.1) is 0 Å². The summed E-state index contributed by atoms with van der Waals surface area (Å²) >= 11 is 0. The molecule has 8 heteroatoms. The predicted octanol–water partition coefficient (Wildman–Crippen LogP) is 4.51. The normalized spacial score (nSPS) is 16.3. The molecule has 2 aromatic rings. The van der Waals surface area contributed by atoms with Crippen LogP contribution in [-0.4, -0.2) is 54.6 Å². The fraction of sp³-hybridized carbons (Fsp3) is 0.458. The molecule has 176 valence electrons. The Hall–Kier alpha value is -3.00. The number of alkyl halides is 1. The maximum absolute atomic E-state index is 12.4. The summed E-state index contributed by atoms with van der Waals surface area (Å²) in [6.45, 7) is 7.01. The van der Waals surface area contributed by atoms with E-state index in [0.717, 1.165) is 53.3 Å². The van der Waals surface area contributed by atoms with Crippen LogP contribution < -0.4 is 11.1 Å². The minimum atomic E-state index is -0.788. The zero-order valence-corrected chi connectivity index (χ0v) is 19.8. The number of ether oxygens (including phenoxy) is 1. The van der Waals surface area contributed by atoms with Crippen LogP contribution in [0.3, 0.4) is 0 Å². The number of hydrogen-bond acceptors (Lipinski definition) is 6. The number of nitrogens with two attached hydrogens (primary N) is 1. The molecule has 1 aliphatic rings. The molecular formula is C24H36FN5O2. The van der Waals surface area contributed by atoms with E-state index in [9.17, 15) is 9.18 Å². The van der Waals surface area contributed by atoms with Gasteiger partial charge in [0.15, 0.2) is 0 Å². The zero-order chi connectivity index (χ0) is 23.9. The van der Waals surface area contributed by atoms with Gasteiger partial charge in [0.2, 0.25) is 6.41 Å². The Balaban J connectivity index is 0.000000388. The molecule has 1 aliphatic heterocycles. The number of pyridine rings is 2. The number of hydrogen-bond donors (Lipinski definition) is 2. The van der Waals surface area contributed by atoms with Crippen LogP contribution in [0.25, 0.3) is 16.7 Å². The first-order valence-electron chi connectivity index (χ1n) is 10.9. The van der Waals surface area contributed by atoms with Crippen LogP contribution in [0.5, 0.6) is 0 Å². The largest absolute Gasteiger partial charge is 0.460 e. The standard InChI is InChI=1S/C17H21N3O.C6H10FNO.CH5N/c1-5-7-12(3)21-16(6-2)14-9-8-13-11-19-17(18-4)10-15(13)20-14;7-6-2-1-3-8(4-6)5-9;1-2/h6-11H,5H2,1-4H3,(H,18,19);5-6H,1-4H2;2H2,1H3/b12-7+,16-6-;;. The lowest BCUT2D eigenvalue weighted by molar-refractivity contribution is -0.120. The highest BCUT2D eigenvalue weighted by Gasteiger charge is 2.16. The molecule has 3 rings (SSSR count). The van der Waals surface area contributed by atoms with Gasteiger partial charge < -0.3 is 20.7 Å². The summed E-state index contributed by atoms with van der Waals surface area (Å²) in [6, 6.07) is 5.90. The van der Waals surface area contributed by atoms with Crippen molar-refractivity contribution in [3.63, 3.8) is 0 Å². The summed E-state index contributed by atoms with van der Waals surface area (Å²) in [4.78, 5) is 20.5. The van der Waals surface area contributed by atoms with Gasteiger partial charge in [-0.25, -0.2) is 14.4 Å². The second-order valence-electron chi connectivity index (χ2n) is 7.03. The quantitative estimate of drug-likeness (QED) is 0.502. The van der Waals surface area contributed by atoms with E-state index in [4.69, 9.17) is 4.74 Å². The SMILES string of the molecule is C/C=C(\O/C(C)=C/CC)c1ccc2cnc(NC)cc2n1.CN.O=CN1CCCC(F)C1. The summed E-state index contributed by atoms with van der Waals surface area (Å²) in [5, 5.41) is 4.03. The van der Waals surface area contributed by atoms with Crippen LogP contribution in [0.15, 0.2) is 42.3 Å². The Morgan fingerprint density at radius 2 is 2.16 bits per heavy atom. The third-order valence-electron chi connectivity index (χ3n) is 4.65. The van der Waals surface area contributed by atoms with Crippen molar-refractivity contribution in [2.45, 2.75) is 46.2 Å². The average molecular weight is 446 g/mol. The summed E-state index contributed by atoms with van der Waals surface area (Å²) in [5.41, 5.74) is 6.22. The minimum Gasteiger partial charge on any atom is -0.460 e. The molecular weight excluding hydrogens is 409 g/mol. The van der Waals surface area contributed by atoms with Crippen LogP contribution in [0.2, 0.25) is 0 Å². The second kappa shape index (κ2) is 14.9. The van der Waals surface area contributed by atoms with Gasteiger partial charge in [0.1, 0.15) is 23.4 Å². The number of fused-ring (bicyclic) bond motifs is 1. The second-order valence-corrected chi connectivity index (χ2v) is 7.03. The molecule has 1 unspecified atom stereocenters. The van der Waals surface area contributed by atoms with Gasteiger partial charge in [-0.2, -0.15) is 0 Å². The molecule has 0 spiro atoms. The number of nitrogens with zero attached hydrogens (tertiary/aromatic N) is 3. The Bertz CT molecular complexity index is 901. The Morgan fingerprint density at radius 3 is 2.72 bits per heavy atom. The van der Waals surface area contributed by atoms with E-state index in [1.54, 1.807) is 0 Å². The van der Waals surface area contributed by atoms with Crippen molar-refractivity contribution in [3.8, 4) is 0 Å². The lowest BCUT2D eigenvalue weighted by atomic mass is 10.1. The maximum Gasteiger partial charge on any atom is 0.209 e. The highest BCUT2D eigenvalue weighted by atomic mass is 19.1. The van der Waals surface area contributed by atoms with Gasteiger partial charge in [-0.1, -0.05) is 6.92 Å². The van der Waals surface area contributed by atoms with Gasteiger partial charge in [-0.15, -0.1) is 0 Å². The van der Waals surface area contributed by atoms with E-state index in [1.807, 2.05) is 57.4 Å². The molecule has 1 saturated heterocycles. The van der Waals surface area contributed by atoms with Gasteiger partial charge in [0.05, 0.1) is 17.8 Å². The summed E-state index contributed by atoms with van der Waals surface area (Å²) in [6.07, 6.45) is 8.09. The number of piperidine rings is 1. The fourth-order valence-corrected chi connectivity index (χ4v) is 3.10. The number of halogens is 1. The smallest absolute Gasteiger partial charge is 0.209 e. The van der Waals surface area contributed by atoms with E-state index in [1.165, 1.54) is 11.9 Å². The average Bonchev–Trinajstić information content (AvgIpc) is 2.83. The first kappa shape index (κ1) is 27.0. The highest BCUT2D eigenvalue weighted by Crippen LogP contribution is 2.22. The van der Waals surface area contributed by atoms with Gasteiger partial charge >= 0.3 is 0 Å². The van der Waals surface area contributed by atoms with E-state index in [2.05, 4.69) is 27.9 Å². The van der Waals surface area contributed by atoms with E-state index >= 15 is 0 Å². The van der Waals surface area contributed by atoms with Crippen molar-refractivity contribution >= 4 is 28.9 Å². The van der Waals surface area contributed by atoms with E-state index in [0.29, 0.717) is 19.4 Å². The molecule has 2 aromatic heterocycles. The lowest BCUT2D eigenvalue weighted by Gasteiger charge is -2.24. The van der Waals surface area contributed by atoms with Crippen LogP contribution in [0.4, 0.5) is 10.2 Å².